The minimum Gasteiger partial charge on any atom is -0.468 e. The third-order valence-corrected chi connectivity index (χ3v) is 4.53. The predicted molar refractivity (Wildman–Crippen MR) is 93.4 cm³/mol. The van der Waals surface area contributed by atoms with Crippen molar-refractivity contribution in [2.45, 2.75) is 25.7 Å². The Morgan fingerprint density at radius 3 is 2.42 bits per heavy atom. The van der Waals surface area contributed by atoms with E-state index in [4.69, 9.17) is 4.74 Å². The molecule has 0 aromatic heterocycles. The molecule has 1 aliphatic heterocycles. The number of hydrogen-bond acceptors (Lipinski definition) is 3. The van der Waals surface area contributed by atoms with Crippen LogP contribution in [-0.4, -0.2) is 25.5 Å². The molecule has 4 heteroatoms. The fourth-order valence-electron chi connectivity index (χ4n) is 3.11. The van der Waals surface area contributed by atoms with Gasteiger partial charge in [0.1, 0.15) is 5.92 Å². The van der Waals surface area contributed by atoms with Crippen molar-refractivity contribution in [2.24, 2.45) is 0 Å². The van der Waals surface area contributed by atoms with Crippen LogP contribution in [0.25, 0.3) is 0 Å². The van der Waals surface area contributed by atoms with E-state index in [2.05, 4.69) is 13.8 Å². The molecule has 0 aliphatic carbocycles. The second-order valence-corrected chi connectivity index (χ2v) is 6.32. The number of carbonyl (C=O) groups excluding carboxylic acids is 2. The highest BCUT2D eigenvalue weighted by molar-refractivity contribution is 6.10. The first-order chi connectivity index (χ1) is 11.5. The number of hydrogen-bond donors (Lipinski definition) is 0. The van der Waals surface area contributed by atoms with Gasteiger partial charge in [-0.2, -0.15) is 0 Å². The minimum atomic E-state index is -0.464. The van der Waals surface area contributed by atoms with Crippen LogP contribution >= 0.6 is 0 Å². The molecule has 3 rings (SSSR count). The minimum absolute atomic E-state index is 0.0805. The van der Waals surface area contributed by atoms with Crippen LogP contribution in [0.1, 0.15) is 47.2 Å². The number of nitrogens with zero attached hydrogens (tertiary/aromatic N) is 1. The quantitative estimate of drug-likeness (QED) is 0.809. The highest BCUT2D eigenvalue weighted by atomic mass is 16.5. The van der Waals surface area contributed by atoms with Crippen molar-refractivity contribution in [3.63, 3.8) is 0 Å². The molecule has 24 heavy (non-hydrogen) atoms. The van der Waals surface area contributed by atoms with E-state index in [1.54, 1.807) is 11.0 Å². The number of esters is 1. The SMILES string of the molecule is COC(=O)C1CN(c2ccc(C(C)C)cc2)C(=O)c2ccccc21. The first kappa shape index (κ1) is 16.2. The number of benzene rings is 2. The standard InChI is InChI=1S/C20H21NO3/c1-13(2)14-8-10-15(11-9-14)21-12-18(20(23)24-3)16-6-4-5-7-17(16)19(21)22/h4-11,13,18H,12H2,1-3H3. The summed E-state index contributed by atoms with van der Waals surface area (Å²) < 4.78 is 4.94. The van der Waals surface area contributed by atoms with Crippen LogP contribution < -0.4 is 4.90 Å². The van der Waals surface area contributed by atoms with Crippen molar-refractivity contribution < 1.29 is 14.3 Å². The molecule has 2 aromatic carbocycles. The van der Waals surface area contributed by atoms with Crippen LogP contribution in [-0.2, 0) is 9.53 Å². The molecule has 0 saturated heterocycles. The first-order valence-electron chi connectivity index (χ1n) is 8.11. The van der Waals surface area contributed by atoms with E-state index in [1.165, 1.54) is 12.7 Å². The molecule has 124 valence electrons. The number of methoxy groups -OCH3 is 1. The van der Waals surface area contributed by atoms with Gasteiger partial charge in [-0.3, -0.25) is 9.59 Å². The molecule has 1 aliphatic rings. The van der Waals surface area contributed by atoms with E-state index in [-0.39, 0.29) is 11.9 Å². The molecule has 0 spiro atoms. The van der Waals surface area contributed by atoms with E-state index < -0.39 is 5.92 Å². The molecule has 0 fully saturated rings. The van der Waals surface area contributed by atoms with Crippen molar-refractivity contribution in [2.75, 3.05) is 18.6 Å². The molecule has 2 aromatic rings. The zero-order valence-corrected chi connectivity index (χ0v) is 14.2. The van der Waals surface area contributed by atoms with Crippen molar-refractivity contribution >= 4 is 17.6 Å². The summed E-state index contributed by atoms with van der Waals surface area (Å²) in [4.78, 5) is 26.7. The average Bonchev–Trinajstić information content (AvgIpc) is 2.62. The molecule has 0 radical (unpaired) electrons. The van der Waals surface area contributed by atoms with Gasteiger partial charge in [-0.15, -0.1) is 0 Å². The van der Waals surface area contributed by atoms with E-state index >= 15 is 0 Å². The molecule has 0 N–H and O–H groups in total. The second-order valence-electron chi connectivity index (χ2n) is 6.32. The average molecular weight is 323 g/mol. The van der Waals surface area contributed by atoms with Gasteiger partial charge < -0.3 is 9.64 Å². The summed E-state index contributed by atoms with van der Waals surface area (Å²) in [5.41, 5.74) is 3.32. The highest BCUT2D eigenvalue weighted by Gasteiger charge is 2.36. The number of amides is 1. The first-order valence-corrected chi connectivity index (χ1v) is 8.11. The van der Waals surface area contributed by atoms with Crippen LogP contribution in [0.4, 0.5) is 5.69 Å². The van der Waals surface area contributed by atoms with Gasteiger partial charge in [-0.05, 0) is 35.2 Å². The Hall–Kier alpha value is -2.62. The molecule has 1 amide bonds. The topological polar surface area (TPSA) is 46.6 Å². The molecule has 0 saturated carbocycles. The summed E-state index contributed by atoms with van der Waals surface area (Å²) >= 11 is 0. The zero-order chi connectivity index (χ0) is 17.3. The third kappa shape index (κ3) is 2.80. The summed E-state index contributed by atoms with van der Waals surface area (Å²) in [5.74, 6) is -0.435. The summed E-state index contributed by atoms with van der Waals surface area (Å²) in [6, 6.07) is 15.2. The summed E-state index contributed by atoms with van der Waals surface area (Å²) in [5, 5.41) is 0. The van der Waals surface area contributed by atoms with Gasteiger partial charge in [0.25, 0.3) is 5.91 Å². The van der Waals surface area contributed by atoms with Gasteiger partial charge >= 0.3 is 5.97 Å². The predicted octanol–water partition coefficient (Wildman–Crippen LogP) is 3.73. The molecule has 1 heterocycles. The maximum absolute atomic E-state index is 12.9. The zero-order valence-electron chi connectivity index (χ0n) is 14.2. The lowest BCUT2D eigenvalue weighted by Gasteiger charge is -2.33. The van der Waals surface area contributed by atoms with Crippen LogP contribution in [0.3, 0.4) is 0 Å². The molecule has 4 nitrogen and oxygen atoms in total. The maximum atomic E-state index is 12.9. The Morgan fingerprint density at radius 2 is 1.79 bits per heavy atom. The molecule has 1 unspecified atom stereocenters. The fraction of sp³-hybridized carbons (Fsp3) is 0.300. The second kappa shape index (κ2) is 6.48. The Balaban J connectivity index is 2.01. The molecular formula is C20H21NO3. The lowest BCUT2D eigenvalue weighted by molar-refractivity contribution is -0.142. The van der Waals surface area contributed by atoms with Gasteiger partial charge in [-0.25, -0.2) is 0 Å². The number of ether oxygens (including phenoxy) is 1. The lowest BCUT2D eigenvalue weighted by atomic mass is 9.89. The highest BCUT2D eigenvalue weighted by Crippen LogP contribution is 2.32. The Kier molecular flexibility index (Phi) is 4.38. The van der Waals surface area contributed by atoms with E-state index in [0.29, 0.717) is 18.0 Å². The third-order valence-electron chi connectivity index (χ3n) is 4.53. The summed E-state index contributed by atoms with van der Waals surface area (Å²) in [7, 11) is 1.38. The molecule has 0 bridgehead atoms. The summed E-state index contributed by atoms with van der Waals surface area (Å²) in [6.07, 6.45) is 0. The van der Waals surface area contributed by atoms with Crippen molar-refractivity contribution in [1.29, 1.82) is 0 Å². The Bertz CT molecular complexity index is 765. The van der Waals surface area contributed by atoms with E-state index in [9.17, 15) is 9.59 Å². The number of fused-ring (bicyclic) bond motifs is 1. The van der Waals surface area contributed by atoms with Gasteiger partial charge in [0.05, 0.1) is 7.11 Å². The smallest absolute Gasteiger partial charge is 0.314 e. The van der Waals surface area contributed by atoms with E-state index in [0.717, 1.165) is 11.3 Å². The lowest BCUT2D eigenvalue weighted by Crippen LogP contribution is -2.42. The van der Waals surface area contributed by atoms with Crippen molar-refractivity contribution in [1.82, 2.24) is 0 Å². The molecule has 1 atom stereocenters. The largest absolute Gasteiger partial charge is 0.468 e. The van der Waals surface area contributed by atoms with Crippen LogP contribution in [0.15, 0.2) is 48.5 Å². The molecular weight excluding hydrogens is 302 g/mol. The van der Waals surface area contributed by atoms with Crippen molar-refractivity contribution in [3.05, 3.63) is 65.2 Å². The maximum Gasteiger partial charge on any atom is 0.314 e. The van der Waals surface area contributed by atoms with Crippen molar-refractivity contribution in [3.8, 4) is 0 Å². The normalized spacial score (nSPS) is 16.9. The number of anilines is 1. The van der Waals surface area contributed by atoms with E-state index in [1.807, 2.05) is 42.5 Å². The Morgan fingerprint density at radius 1 is 1.12 bits per heavy atom. The van der Waals surface area contributed by atoms with Gasteiger partial charge in [0.15, 0.2) is 0 Å². The van der Waals surface area contributed by atoms with Crippen LogP contribution in [0, 0.1) is 0 Å². The van der Waals surface area contributed by atoms with Gasteiger partial charge in [-0.1, -0.05) is 44.2 Å². The summed E-state index contributed by atoms with van der Waals surface area (Å²) in [6.45, 7) is 4.55. The van der Waals surface area contributed by atoms with Crippen LogP contribution in [0.5, 0.6) is 0 Å². The van der Waals surface area contributed by atoms with Crippen LogP contribution in [0.2, 0.25) is 0 Å². The number of carbonyl (C=O) groups is 2. The monoisotopic (exact) mass is 323 g/mol. The van der Waals surface area contributed by atoms with Gasteiger partial charge in [0, 0.05) is 17.8 Å². The fourth-order valence-corrected chi connectivity index (χ4v) is 3.11. The Labute approximate surface area is 142 Å². The van der Waals surface area contributed by atoms with Gasteiger partial charge in [0.2, 0.25) is 0 Å². The number of rotatable bonds is 3.